The number of benzene rings is 1. The van der Waals surface area contributed by atoms with E-state index in [4.69, 9.17) is 0 Å². The maximum absolute atomic E-state index is 13.0. The zero-order valence-electron chi connectivity index (χ0n) is 15.9. The highest BCUT2D eigenvalue weighted by Crippen LogP contribution is 2.41. The highest BCUT2D eigenvalue weighted by molar-refractivity contribution is 5.83. The van der Waals surface area contributed by atoms with E-state index in [1.54, 1.807) is 0 Å². The molecule has 0 heterocycles. The van der Waals surface area contributed by atoms with Crippen LogP contribution in [0.5, 0.6) is 17.2 Å². The Morgan fingerprint density at radius 3 is 0.722 bits per heavy atom. The fourth-order valence-electron chi connectivity index (χ4n) is 1.58. The second-order valence-electron chi connectivity index (χ2n) is 6.03. The van der Waals surface area contributed by atoms with E-state index in [1.807, 2.05) is 0 Å². The maximum atomic E-state index is 13.0. The lowest BCUT2D eigenvalue weighted by Gasteiger charge is -2.20. The quantitative estimate of drug-likeness (QED) is 0.275. The fourth-order valence-corrected chi connectivity index (χ4v) is 1.58. The second kappa shape index (κ2) is 9.22. The molecule has 0 aliphatic heterocycles. The van der Waals surface area contributed by atoms with Crippen LogP contribution < -0.4 is 14.2 Å². The summed E-state index contributed by atoms with van der Waals surface area (Å²) in [4.78, 5) is 33.3. The third-order valence-corrected chi connectivity index (χ3v) is 3.32. The van der Waals surface area contributed by atoms with Gasteiger partial charge in [-0.25, -0.2) is 14.4 Å². The third-order valence-electron chi connectivity index (χ3n) is 3.32. The van der Waals surface area contributed by atoms with Gasteiger partial charge in [-0.05, 0) is 0 Å². The molecule has 0 aliphatic carbocycles. The molecule has 0 N–H and O–H groups in total. The number of alkyl halides is 15. The lowest BCUT2D eigenvalue weighted by molar-refractivity contribution is -0.276. The topological polar surface area (TPSA) is 78.9 Å². The van der Waals surface area contributed by atoms with Crippen molar-refractivity contribution in [1.82, 2.24) is 0 Å². The van der Waals surface area contributed by atoms with E-state index in [-0.39, 0.29) is 18.2 Å². The molecular formula is C15H3F15O6. The van der Waals surface area contributed by atoms with Crippen molar-refractivity contribution in [2.24, 2.45) is 0 Å². The fraction of sp³-hybridized carbons (Fsp3) is 0.400. The summed E-state index contributed by atoms with van der Waals surface area (Å²) in [6.07, 6.45) is -19.9. The van der Waals surface area contributed by atoms with Crippen LogP contribution in [0.4, 0.5) is 65.9 Å². The minimum atomic E-state index is -6.65. The largest absolute Gasteiger partial charge is 0.465 e. The number of halogens is 15. The number of rotatable bonds is 6. The molecule has 0 fully saturated rings. The van der Waals surface area contributed by atoms with Gasteiger partial charge in [0.1, 0.15) is 17.2 Å². The lowest BCUT2D eigenvalue weighted by atomic mass is 10.2. The molecule has 1 aromatic carbocycles. The Hall–Kier alpha value is -3.42. The first-order valence-electron chi connectivity index (χ1n) is 7.90. The molecule has 0 atom stereocenters. The summed E-state index contributed by atoms with van der Waals surface area (Å²) < 4.78 is 198. The molecule has 0 amide bonds. The molecule has 0 radical (unpaired) electrons. The van der Waals surface area contributed by atoms with Gasteiger partial charge in [-0.2, -0.15) is 65.9 Å². The van der Waals surface area contributed by atoms with Gasteiger partial charge in [0.2, 0.25) is 0 Å². The molecule has 0 saturated heterocycles. The molecular weight excluding hydrogens is 561 g/mol. The Kier molecular flexibility index (Phi) is 7.84. The number of hydrogen-bond donors (Lipinski definition) is 0. The summed E-state index contributed by atoms with van der Waals surface area (Å²) in [6.45, 7) is 0. The van der Waals surface area contributed by atoms with Crippen molar-refractivity contribution in [3.05, 3.63) is 18.2 Å². The number of hydrogen-bond acceptors (Lipinski definition) is 6. The number of carbonyl (C=O) groups excluding carboxylic acids is 3. The average molecular weight is 564 g/mol. The van der Waals surface area contributed by atoms with E-state index >= 15 is 0 Å². The monoisotopic (exact) mass is 564 g/mol. The van der Waals surface area contributed by atoms with E-state index in [1.165, 1.54) is 0 Å². The standard InChI is InChI=1S/C15H3F15O6/c16-10(17,13(22,23)24)7(31)34-4-1-5(35-8(32)11(18,19)14(25,26)27)3-6(2-4)36-9(33)12(20,21)15(28,29)30/h1-3H. The predicted molar refractivity (Wildman–Crippen MR) is 76.4 cm³/mol. The summed E-state index contributed by atoms with van der Waals surface area (Å²) in [6, 6.07) is -1.02. The minimum absolute atomic E-state index is 0.339. The second-order valence-corrected chi connectivity index (χ2v) is 6.03. The molecule has 36 heavy (non-hydrogen) atoms. The van der Waals surface area contributed by atoms with Crippen molar-refractivity contribution in [2.45, 2.75) is 36.3 Å². The van der Waals surface area contributed by atoms with Crippen molar-refractivity contribution in [2.75, 3.05) is 0 Å². The van der Waals surface area contributed by atoms with Gasteiger partial charge in [0.25, 0.3) is 0 Å². The van der Waals surface area contributed by atoms with Crippen LogP contribution in [0.3, 0.4) is 0 Å². The van der Waals surface area contributed by atoms with Crippen LogP contribution in [0.15, 0.2) is 18.2 Å². The Bertz CT molecular complexity index is 881. The van der Waals surface area contributed by atoms with Crippen LogP contribution in [0.2, 0.25) is 0 Å². The minimum Gasteiger partial charge on any atom is -0.422 e. The van der Waals surface area contributed by atoms with Gasteiger partial charge in [0.15, 0.2) is 0 Å². The molecule has 0 aromatic heterocycles. The van der Waals surface area contributed by atoms with Crippen molar-refractivity contribution < 1.29 is 94.5 Å². The molecule has 0 saturated carbocycles. The molecule has 0 unspecified atom stereocenters. The summed E-state index contributed by atoms with van der Waals surface area (Å²) in [5.74, 6) is -35.4. The van der Waals surface area contributed by atoms with E-state index in [0.29, 0.717) is 0 Å². The first-order chi connectivity index (χ1) is 15.7. The maximum Gasteiger partial charge on any atom is 0.465 e. The van der Waals surface area contributed by atoms with Crippen molar-refractivity contribution in [1.29, 1.82) is 0 Å². The summed E-state index contributed by atoms with van der Waals surface area (Å²) in [5.41, 5.74) is 0. The van der Waals surface area contributed by atoms with Crippen LogP contribution in [0.25, 0.3) is 0 Å². The predicted octanol–water partition coefficient (Wildman–Crippen LogP) is 5.00. The lowest BCUT2D eigenvalue weighted by Crippen LogP contribution is -2.47. The SMILES string of the molecule is O=C(Oc1cc(OC(=O)C(F)(F)C(F)(F)F)cc(OC(=O)C(F)(F)C(F)(F)F)c1)C(F)(F)C(F)(F)F. The normalized spacial score (nSPS) is 13.8. The highest BCUT2D eigenvalue weighted by Gasteiger charge is 2.67. The third kappa shape index (κ3) is 6.22. The average Bonchev–Trinajstić information content (AvgIpc) is 2.64. The van der Waals surface area contributed by atoms with Gasteiger partial charge in [-0.1, -0.05) is 0 Å². The Labute approximate surface area is 185 Å². The highest BCUT2D eigenvalue weighted by atomic mass is 19.4. The van der Waals surface area contributed by atoms with E-state index < -0.39 is 71.5 Å². The number of esters is 3. The zero-order chi connectivity index (χ0) is 28.7. The molecule has 6 nitrogen and oxygen atoms in total. The van der Waals surface area contributed by atoms with Gasteiger partial charge in [-0.15, -0.1) is 0 Å². The van der Waals surface area contributed by atoms with Gasteiger partial charge >= 0.3 is 54.2 Å². The first-order valence-corrected chi connectivity index (χ1v) is 7.90. The van der Waals surface area contributed by atoms with Gasteiger partial charge < -0.3 is 14.2 Å². The summed E-state index contributed by atoms with van der Waals surface area (Å²) >= 11 is 0. The van der Waals surface area contributed by atoms with Crippen molar-refractivity contribution in [3.8, 4) is 17.2 Å². The molecule has 0 aliphatic rings. The molecule has 0 spiro atoms. The van der Waals surface area contributed by atoms with Crippen LogP contribution in [-0.4, -0.2) is 54.2 Å². The van der Waals surface area contributed by atoms with E-state index in [2.05, 4.69) is 14.2 Å². The molecule has 204 valence electrons. The van der Waals surface area contributed by atoms with E-state index in [9.17, 15) is 80.2 Å². The summed E-state index contributed by atoms with van der Waals surface area (Å²) in [7, 11) is 0. The molecule has 21 heteroatoms. The van der Waals surface area contributed by atoms with E-state index in [0.717, 1.165) is 0 Å². The Balaban J connectivity index is 3.49. The van der Waals surface area contributed by atoms with Crippen LogP contribution in [-0.2, 0) is 14.4 Å². The smallest absolute Gasteiger partial charge is 0.422 e. The van der Waals surface area contributed by atoms with Crippen molar-refractivity contribution >= 4 is 17.9 Å². The zero-order valence-corrected chi connectivity index (χ0v) is 15.9. The number of carbonyl (C=O) groups is 3. The van der Waals surface area contributed by atoms with Gasteiger partial charge in [0.05, 0.1) is 0 Å². The van der Waals surface area contributed by atoms with Gasteiger partial charge in [0, 0.05) is 18.2 Å². The Morgan fingerprint density at radius 1 is 0.417 bits per heavy atom. The number of ether oxygens (including phenoxy) is 3. The Morgan fingerprint density at radius 2 is 0.583 bits per heavy atom. The summed E-state index contributed by atoms with van der Waals surface area (Å²) in [5, 5.41) is 0. The molecule has 0 bridgehead atoms. The van der Waals surface area contributed by atoms with Crippen LogP contribution in [0, 0.1) is 0 Å². The first kappa shape index (κ1) is 30.6. The van der Waals surface area contributed by atoms with Crippen molar-refractivity contribution in [3.63, 3.8) is 0 Å². The molecule has 1 aromatic rings. The van der Waals surface area contributed by atoms with Crippen LogP contribution in [0.1, 0.15) is 0 Å². The molecule has 1 rings (SSSR count). The van der Waals surface area contributed by atoms with Gasteiger partial charge in [-0.3, -0.25) is 0 Å². The van der Waals surface area contributed by atoms with Crippen LogP contribution >= 0.6 is 0 Å².